The second kappa shape index (κ2) is 7.53. The van der Waals surface area contributed by atoms with Crippen molar-refractivity contribution in [2.45, 2.75) is 19.8 Å². The third-order valence-electron chi connectivity index (χ3n) is 4.01. The highest BCUT2D eigenvalue weighted by atomic mass is 32.1. The van der Waals surface area contributed by atoms with Gasteiger partial charge in [-0.05, 0) is 42.9 Å². The number of hydrogen-bond donors (Lipinski definition) is 2. The zero-order valence-corrected chi connectivity index (χ0v) is 15.0. The van der Waals surface area contributed by atoms with Crippen molar-refractivity contribution in [3.05, 3.63) is 53.4 Å². The molecule has 2 N–H and O–H groups in total. The molecule has 0 atom stereocenters. The number of carboxylic acids is 1. The number of rotatable bonds is 6. The number of carbonyl (C=O) groups excluding carboxylic acids is 1. The minimum atomic E-state index is -0.998. The number of thiocarbonyl (C=S) groups is 1. The molecule has 6 nitrogen and oxygen atoms in total. The Morgan fingerprint density at radius 3 is 2.88 bits per heavy atom. The van der Waals surface area contributed by atoms with Gasteiger partial charge < -0.3 is 14.8 Å². The van der Waals surface area contributed by atoms with E-state index in [0.717, 1.165) is 12.8 Å². The Bertz CT molecular complexity index is 900. The van der Waals surface area contributed by atoms with E-state index in [9.17, 15) is 9.59 Å². The molecule has 1 amide bonds. The van der Waals surface area contributed by atoms with Gasteiger partial charge in [0.15, 0.2) is 5.11 Å². The lowest BCUT2D eigenvalue weighted by molar-refractivity contribution is -0.122. The highest BCUT2D eigenvalue weighted by Gasteiger charge is 2.30. The summed E-state index contributed by atoms with van der Waals surface area (Å²) in [5.74, 6) is -0.163. The SMILES string of the molecule is CCCCN1C(=O)C(=Cc2ccc(-c3cccc(C(=O)O)c3)o2)NC1=S. The molecule has 0 saturated carbocycles. The summed E-state index contributed by atoms with van der Waals surface area (Å²) in [6.07, 6.45) is 3.46. The van der Waals surface area contributed by atoms with E-state index in [-0.39, 0.29) is 11.5 Å². The Hall–Kier alpha value is -2.93. The summed E-state index contributed by atoms with van der Waals surface area (Å²) in [6.45, 7) is 2.64. The summed E-state index contributed by atoms with van der Waals surface area (Å²) in [5, 5.41) is 12.4. The van der Waals surface area contributed by atoms with Crippen LogP contribution in [0.25, 0.3) is 17.4 Å². The first-order chi connectivity index (χ1) is 12.5. The van der Waals surface area contributed by atoms with E-state index in [4.69, 9.17) is 21.7 Å². The first-order valence-corrected chi connectivity index (χ1v) is 8.68. The molecule has 2 heterocycles. The van der Waals surface area contributed by atoms with E-state index < -0.39 is 5.97 Å². The number of unbranched alkanes of at least 4 members (excludes halogenated alkanes) is 1. The number of benzene rings is 1. The summed E-state index contributed by atoms with van der Waals surface area (Å²) in [7, 11) is 0. The predicted octanol–water partition coefficient (Wildman–Crippen LogP) is 3.50. The number of carbonyl (C=O) groups is 2. The van der Waals surface area contributed by atoms with Gasteiger partial charge in [0, 0.05) is 18.2 Å². The number of furan rings is 1. The third kappa shape index (κ3) is 3.67. The number of nitrogens with zero attached hydrogens (tertiary/aromatic N) is 1. The summed E-state index contributed by atoms with van der Waals surface area (Å²) >= 11 is 5.21. The normalized spacial score (nSPS) is 15.6. The van der Waals surface area contributed by atoms with Crippen LogP contribution in [0.4, 0.5) is 0 Å². The van der Waals surface area contributed by atoms with Crippen molar-refractivity contribution >= 4 is 35.3 Å². The number of amides is 1. The molecule has 1 aromatic carbocycles. The van der Waals surface area contributed by atoms with Crippen LogP contribution in [0, 0.1) is 0 Å². The fourth-order valence-corrected chi connectivity index (χ4v) is 2.91. The molecule has 0 aliphatic carbocycles. The average molecular weight is 370 g/mol. The van der Waals surface area contributed by atoms with Crippen LogP contribution < -0.4 is 5.32 Å². The van der Waals surface area contributed by atoms with E-state index in [1.54, 1.807) is 41.3 Å². The Balaban J connectivity index is 1.81. The molecular formula is C19H18N2O4S. The van der Waals surface area contributed by atoms with Crippen LogP contribution in [0.5, 0.6) is 0 Å². The molecule has 1 fully saturated rings. The molecule has 1 aliphatic heterocycles. The lowest BCUT2D eigenvalue weighted by atomic mass is 10.1. The van der Waals surface area contributed by atoms with E-state index in [1.165, 1.54) is 6.07 Å². The predicted molar refractivity (Wildman–Crippen MR) is 101 cm³/mol. The number of aromatic carboxylic acids is 1. The fourth-order valence-electron chi connectivity index (χ4n) is 2.62. The van der Waals surface area contributed by atoms with Gasteiger partial charge in [-0.3, -0.25) is 9.69 Å². The highest BCUT2D eigenvalue weighted by Crippen LogP contribution is 2.25. The van der Waals surface area contributed by atoms with Gasteiger partial charge in [0.2, 0.25) is 0 Å². The number of carboxylic acid groups (broad SMARTS) is 1. The van der Waals surface area contributed by atoms with Gasteiger partial charge in [-0.25, -0.2) is 4.79 Å². The average Bonchev–Trinajstić information content (AvgIpc) is 3.19. The quantitative estimate of drug-likeness (QED) is 0.598. The Labute approximate surface area is 156 Å². The zero-order valence-electron chi connectivity index (χ0n) is 14.2. The van der Waals surface area contributed by atoms with Gasteiger partial charge in [-0.1, -0.05) is 25.5 Å². The summed E-state index contributed by atoms with van der Waals surface area (Å²) in [4.78, 5) is 25.1. The molecule has 3 rings (SSSR count). The van der Waals surface area contributed by atoms with Crippen LogP contribution in [-0.2, 0) is 4.79 Å². The van der Waals surface area contributed by atoms with E-state index in [1.807, 2.05) is 0 Å². The Morgan fingerprint density at radius 1 is 1.35 bits per heavy atom. The molecule has 1 saturated heterocycles. The van der Waals surface area contributed by atoms with Gasteiger partial charge >= 0.3 is 5.97 Å². The van der Waals surface area contributed by atoms with Crippen molar-refractivity contribution in [2.24, 2.45) is 0 Å². The van der Waals surface area contributed by atoms with Gasteiger partial charge in [0.05, 0.1) is 5.56 Å². The van der Waals surface area contributed by atoms with Crippen molar-refractivity contribution in [1.29, 1.82) is 0 Å². The first-order valence-electron chi connectivity index (χ1n) is 8.27. The number of nitrogens with one attached hydrogen (secondary N) is 1. The fraction of sp³-hybridized carbons (Fsp3) is 0.211. The maximum atomic E-state index is 12.4. The third-order valence-corrected chi connectivity index (χ3v) is 4.33. The van der Waals surface area contributed by atoms with E-state index in [0.29, 0.717) is 34.4 Å². The molecule has 0 unspecified atom stereocenters. The monoisotopic (exact) mass is 370 g/mol. The maximum absolute atomic E-state index is 12.4. The van der Waals surface area contributed by atoms with E-state index in [2.05, 4.69) is 12.2 Å². The zero-order chi connectivity index (χ0) is 18.7. The molecular weight excluding hydrogens is 352 g/mol. The number of hydrogen-bond acceptors (Lipinski definition) is 4. The summed E-state index contributed by atoms with van der Waals surface area (Å²) in [6, 6.07) is 9.94. The topological polar surface area (TPSA) is 82.8 Å². The summed E-state index contributed by atoms with van der Waals surface area (Å²) in [5.41, 5.74) is 1.20. The second-order valence-electron chi connectivity index (χ2n) is 5.89. The van der Waals surface area contributed by atoms with Gasteiger partial charge in [-0.2, -0.15) is 0 Å². The van der Waals surface area contributed by atoms with Crippen LogP contribution >= 0.6 is 12.2 Å². The van der Waals surface area contributed by atoms with Gasteiger partial charge in [0.25, 0.3) is 5.91 Å². The van der Waals surface area contributed by atoms with Crippen LogP contribution in [0.3, 0.4) is 0 Å². The van der Waals surface area contributed by atoms with Crippen LogP contribution in [0.1, 0.15) is 35.9 Å². The van der Waals surface area contributed by atoms with Crippen LogP contribution in [0.2, 0.25) is 0 Å². The molecule has 1 aliphatic rings. The maximum Gasteiger partial charge on any atom is 0.335 e. The van der Waals surface area contributed by atoms with Crippen LogP contribution in [-0.4, -0.2) is 33.5 Å². The highest BCUT2D eigenvalue weighted by molar-refractivity contribution is 7.80. The molecule has 0 radical (unpaired) electrons. The molecule has 26 heavy (non-hydrogen) atoms. The largest absolute Gasteiger partial charge is 0.478 e. The molecule has 0 bridgehead atoms. The Kier molecular flexibility index (Phi) is 5.18. The van der Waals surface area contributed by atoms with Gasteiger partial charge in [-0.15, -0.1) is 0 Å². The van der Waals surface area contributed by atoms with Gasteiger partial charge in [0.1, 0.15) is 17.2 Å². The van der Waals surface area contributed by atoms with Crippen molar-refractivity contribution in [2.75, 3.05) is 6.54 Å². The van der Waals surface area contributed by atoms with Crippen molar-refractivity contribution in [3.63, 3.8) is 0 Å². The molecule has 2 aromatic rings. The lowest BCUT2D eigenvalue weighted by Crippen LogP contribution is -2.31. The minimum Gasteiger partial charge on any atom is -0.478 e. The molecule has 0 spiro atoms. The van der Waals surface area contributed by atoms with Crippen molar-refractivity contribution in [1.82, 2.24) is 10.2 Å². The first kappa shape index (κ1) is 17.9. The van der Waals surface area contributed by atoms with Crippen molar-refractivity contribution < 1.29 is 19.1 Å². The standard InChI is InChI=1S/C19H18N2O4S/c1-2-3-9-21-17(22)15(20-19(21)26)11-14-7-8-16(25-14)12-5-4-6-13(10-12)18(23)24/h4-8,10-11H,2-3,9H2,1H3,(H,20,26)(H,23,24). The van der Waals surface area contributed by atoms with Crippen molar-refractivity contribution in [3.8, 4) is 11.3 Å². The molecule has 1 aromatic heterocycles. The van der Waals surface area contributed by atoms with Crippen LogP contribution in [0.15, 0.2) is 46.5 Å². The van der Waals surface area contributed by atoms with E-state index >= 15 is 0 Å². The second-order valence-corrected chi connectivity index (χ2v) is 6.27. The summed E-state index contributed by atoms with van der Waals surface area (Å²) < 4.78 is 5.74. The minimum absolute atomic E-state index is 0.172. The lowest BCUT2D eigenvalue weighted by Gasteiger charge is -2.12. The smallest absolute Gasteiger partial charge is 0.335 e. The Morgan fingerprint density at radius 2 is 2.15 bits per heavy atom. The molecule has 134 valence electrons. The molecule has 7 heteroatoms.